The van der Waals surface area contributed by atoms with Gasteiger partial charge in [0.15, 0.2) is 0 Å². The van der Waals surface area contributed by atoms with E-state index in [0.29, 0.717) is 33.9 Å². The molecule has 4 heteroatoms. The lowest BCUT2D eigenvalue weighted by Gasteiger charge is -2.44. The molecule has 0 heterocycles. The Morgan fingerprint density at radius 2 is 1.14 bits per heavy atom. The first-order chi connectivity index (χ1) is 13.0. The van der Waals surface area contributed by atoms with E-state index in [0.717, 1.165) is 24.9 Å². The molecule has 0 saturated heterocycles. The first-order valence-electron chi connectivity index (χ1n) is 11.9. The Morgan fingerprint density at radius 3 is 1.39 bits per heavy atom. The lowest BCUT2D eigenvalue weighted by molar-refractivity contribution is -0.0113. The van der Waals surface area contributed by atoms with Crippen LogP contribution in [0.5, 0.6) is 0 Å². The summed E-state index contributed by atoms with van der Waals surface area (Å²) in [4.78, 5) is 0. The Hall–Kier alpha value is 0.310. The molecule has 0 aromatic heterocycles. The van der Waals surface area contributed by atoms with E-state index in [1.165, 1.54) is 38.5 Å². The molecule has 0 radical (unpaired) electrons. The molecule has 162 valence electrons. The normalized spacial score (nSPS) is 46.6. The zero-order valence-electron chi connectivity index (χ0n) is 19.7. The van der Waals surface area contributed by atoms with Crippen LogP contribution in [0.3, 0.4) is 0 Å². The molecule has 4 aliphatic carbocycles. The van der Waals surface area contributed by atoms with Gasteiger partial charge in [0, 0.05) is 13.1 Å². The summed E-state index contributed by atoms with van der Waals surface area (Å²) in [6.07, 6.45) is 8.54. The van der Waals surface area contributed by atoms with Gasteiger partial charge in [-0.1, -0.05) is 55.4 Å². The number of hydrogen-bond donors (Lipinski definition) is 0. The highest BCUT2D eigenvalue weighted by Crippen LogP contribution is 2.71. The summed E-state index contributed by atoms with van der Waals surface area (Å²) in [6.45, 7) is 21.4. The van der Waals surface area contributed by atoms with E-state index in [9.17, 15) is 0 Å². The van der Waals surface area contributed by atoms with E-state index in [2.05, 4.69) is 60.1 Å². The van der Waals surface area contributed by atoms with Gasteiger partial charge in [-0.25, -0.2) is 4.67 Å². The highest BCUT2D eigenvalue weighted by atomic mass is 31.2. The third-order valence-corrected chi connectivity index (χ3v) is 12.7. The summed E-state index contributed by atoms with van der Waals surface area (Å²) in [7, 11) is -0.983. The lowest BCUT2D eigenvalue weighted by Crippen LogP contribution is -2.40. The van der Waals surface area contributed by atoms with Crippen molar-refractivity contribution in [1.29, 1.82) is 0 Å². The largest absolute Gasteiger partial charge is 0.318 e. The van der Waals surface area contributed by atoms with Crippen LogP contribution in [0.25, 0.3) is 0 Å². The van der Waals surface area contributed by atoms with E-state index in [1.54, 1.807) is 0 Å². The van der Waals surface area contributed by atoms with Crippen LogP contribution in [-0.4, -0.2) is 30.0 Å². The average molecular weight is 410 g/mol. The van der Waals surface area contributed by atoms with Crippen LogP contribution in [0, 0.1) is 33.5 Å². The van der Waals surface area contributed by atoms with Crippen LogP contribution in [0.2, 0.25) is 0 Å². The maximum atomic E-state index is 6.98. The minimum atomic E-state index is -0.983. The molecule has 0 amide bonds. The maximum absolute atomic E-state index is 6.98. The second-order valence-electron chi connectivity index (χ2n) is 11.8. The van der Waals surface area contributed by atoms with Gasteiger partial charge in [0.2, 0.25) is 0 Å². The first-order valence-corrected chi connectivity index (χ1v) is 13.0. The average Bonchev–Trinajstić information content (AvgIpc) is 3.14. The summed E-state index contributed by atoms with van der Waals surface area (Å²) < 4.78 is 16.4. The van der Waals surface area contributed by atoms with Crippen LogP contribution in [0.4, 0.5) is 0 Å². The van der Waals surface area contributed by atoms with E-state index < -0.39 is 8.53 Å². The Balaban J connectivity index is 1.53. The van der Waals surface area contributed by atoms with Crippen LogP contribution in [0.15, 0.2) is 0 Å². The molecule has 4 bridgehead atoms. The van der Waals surface area contributed by atoms with Crippen molar-refractivity contribution in [3.63, 3.8) is 0 Å². The van der Waals surface area contributed by atoms with Gasteiger partial charge in [-0.05, 0) is 72.0 Å². The summed E-state index contributed by atoms with van der Waals surface area (Å²) in [5, 5.41) is 0. The van der Waals surface area contributed by atoms with E-state index in [1.807, 2.05) is 0 Å². The second-order valence-corrected chi connectivity index (χ2v) is 13.2. The monoisotopic (exact) mass is 409 g/mol. The minimum absolute atomic E-state index is 0.298. The van der Waals surface area contributed by atoms with Gasteiger partial charge in [0.25, 0.3) is 8.53 Å². The van der Waals surface area contributed by atoms with Crippen LogP contribution < -0.4 is 0 Å². The Labute approximate surface area is 175 Å². The Kier molecular flexibility index (Phi) is 5.31. The van der Waals surface area contributed by atoms with Crippen molar-refractivity contribution < 1.29 is 9.05 Å². The fourth-order valence-electron chi connectivity index (χ4n) is 7.41. The highest BCUT2D eigenvalue weighted by molar-refractivity contribution is 7.44. The van der Waals surface area contributed by atoms with Gasteiger partial charge >= 0.3 is 0 Å². The van der Waals surface area contributed by atoms with Crippen molar-refractivity contribution in [2.24, 2.45) is 33.5 Å². The number of rotatable bonds is 7. The molecule has 6 unspecified atom stereocenters. The quantitative estimate of drug-likeness (QED) is 0.422. The van der Waals surface area contributed by atoms with Crippen molar-refractivity contribution in [1.82, 2.24) is 4.67 Å². The summed E-state index contributed by atoms with van der Waals surface area (Å²) >= 11 is 0. The van der Waals surface area contributed by atoms with Crippen molar-refractivity contribution in [3.8, 4) is 0 Å². The number of nitrogens with zero attached hydrogens (tertiary/aromatic N) is 1. The van der Waals surface area contributed by atoms with Gasteiger partial charge in [0.1, 0.15) is 0 Å². The topological polar surface area (TPSA) is 21.7 Å². The zero-order chi connectivity index (χ0) is 20.5. The molecular formula is C24H44NO2P. The standard InChI is InChI=1S/C24H44NO2P/c1-9-25(10-2)28(26-19-15-17-11-13-23(19,7)21(17,3)4)27-20-16-18-12-14-24(20,8)22(18,5)6/h17-20H,9-16H2,1-8H3. The first kappa shape index (κ1) is 21.5. The maximum Gasteiger partial charge on any atom is 0.259 e. The molecule has 4 fully saturated rings. The van der Waals surface area contributed by atoms with Gasteiger partial charge < -0.3 is 9.05 Å². The van der Waals surface area contributed by atoms with E-state index in [-0.39, 0.29) is 0 Å². The molecule has 0 aromatic rings. The fourth-order valence-corrected chi connectivity index (χ4v) is 9.26. The predicted octanol–water partition coefficient (Wildman–Crippen LogP) is 7.02. The molecule has 0 N–H and O–H groups in total. The smallest absolute Gasteiger partial charge is 0.259 e. The lowest BCUT2D eigenvalue weighted by atomic mass is 9.70. The Morgan fingerprint density at radius 1 is 0.750 bits per heavy atom. The van der Waals surface area contributed by atoms with Crippen molar-refractivity contribution in [3.05, 3.63) is 0 Å². The van der Waals surface area contributed by atoms with Gasteiger partial charge in [-0.15, -0.1) is 0 Å². The van der Waals surface area contributed by atoms with Crippen molar-refractivity contribution in [2.75, 3.05) is 13.1 Å². The highest BCUT2D eigenvalue weighted by Gasteiger charge is 2.64. The molecular weight excluding hydrogens is 365 g/mol. The van der Waals surface area contributed by atoms with Gasteiger partial charge in [0.05, 0.1) is 12.2 Å². The molecule has 28 heavy (non-hydrogen) atoms. The molecule has 0 aliphatic heterocycles. The van der Waals surface area contributed by atoms with Crippen molar-refractivity contribution >= 4 is 8.53 Å². The van der Waals surface area contributed by atoms with Crippen LogP contribution in [0.1, 0.15) is 93.9 Å². The predicted molar refractivity (Wildman–Crippen MR) is 118 cm³/mol. The SMILES string of the molecule is CCN(CC)P(OC1CC2CCC1(C)C2(C)C)OC1CC2CCC1(C)C2(C)C. The number of fused-ring (bicyclic) bond motifs is 4. The molecule has 4 rings (SSSR count). The second kappa shape index (κ2) is 6.91. The van der Waals surface area contributed by atoms with Gasteiger partial charge in [-0.2, -0.15) is 0 Å². The Bertz CT molecular complexity index is 557. The third-order valence-electron chi connectivity index (χ3n) is 10.8. The van der Waals surface area contributed by atoms with E-state index >= 15 is 0 Å². The molecule has 4 saturated carbocycles. The summed E-state index contributed by atoms with van der Waals surface area (Å²) in [5.74, 6) is 1.63. The van der Waals surface area contributed by atoms with Gasteiger partial charge in [-0.3, -0.25) is 0 Å². The summed E-state index contributed by atoms with van der Waals surface area (Å²) in [5.41, 5.74) is 1.38. The van der Waals surface area contributed by atoms with Crippen LogP contribution in [-0.2, 0) is 9.05 Å². The summed E-state index contributed by atoms with van der Waals surface area (Å²) in [6, 6.07) is 0. The molecule has 6 atom stereocenters. The number of hydrogen-bond acceptors (Lipinski definition) is 3. The van der Waals surface area contributed by atoms with E-state index in [4.69, 9.17) is 9.05 Å². The molecule has 0 spiro atoms. The molecule has 4 aliphatic rings. The van der Waals surface area contributed by atoms with Crippen molar-refractivity contribution in [2.45, 2.75) is 106 Å². The zero-order valence-corrected chi connectivity index (χ0v) is 20.6. The molecule has 0 aromatic carbocycles. The minimum Gasteiger partial charge on any atom is -0.318 e. The van der Waals surface area contributed by atoms with Crippen LogP contribution >= 0.6 is 8.53 Å². The third kappa shape index (κ3) is 2.75. The fraction of sp³-hybridized carbons (Fsp3) is 1.00. The molecule has 3 nitrogen and oxygen atoms in total.